The third-order valence-electron chi connectivity index (χ3n) is 2.51. The molecular weight excluding hydrogens is 238 g/mol. The Morgan fingerprint density at radius 3 is 3.00 bits per heavy atom. The minimum Gasteiger partial charge on any atom is -0.395 e. The van der Waals surface area contributed by atoms with Gasteiger partial charge in [0.25, 0.3) is 0 Å². The Hall–Kier alpha value is -1.37. The number of fused-ring (bicyclic) bond motifs is 1. The number of aromatic nitrogens is 2. The van der Waals surface area contributed by atoms with Crippen molar-refractivity contribution in [2.75, 3.05) is 24.6 Å². The van der Waals surface area contributed by atoms with E-state index in [1.54, 1.807) is 6.08 Å². The SMILES string of the molecule is C=CCN(CCO)c1nc2sccn2c1CO. The first-order chi connectivity index (χ1) is 8.31. The number of anilines is 1. The summed E-state index contributed by atoms with van der Waals surface area (Å²) in [5.41, 5.74) is 0.747. The summed E-state index contributed by atoms with van der Waals surface area (Å²) < 4.78 is 1.87. The zero-order valence-electron chi connectivity index (χ0n) is 9.41. The van der Waals surface area contributed by atoms with Gasteiger partial charge in [-0.25, -0.2) is 4.98 Å². The molecule has 2 rings (SSSR count). The summed E-state index contributed by atoms with van der Waals surface area (Å²) in [7, 11) is 0. The monoisotopic (exact) mass is 253 g/mol. The molecule has 0 aliphatic rings. The van der Waals surface area contributed by atoms with Gasteiger partial charge in [-0.2, -0.15) is 0 Å². The Morgan fingerprint density at radius 2 is 2.35 bits per heavy atom. The van der Waals surface area contributed by atoms with Gasteiger partial charge in [-0.1, -0.05) is 6.08 Å². The lowest BCUT2D eigenvalue weighted by Crippen LogP contribution is -2.28. The lowest BCUT2D eigenvalue weighted by Gasteiger charge is -2.20. The minimum absolute atomic E-state index is 0.0455. The van der Waals surface area contributed by atoms with Gasteiger partial charge in [-0.05, 0) is 0 Å². The quantitative estimate of drug-likeness (QED) is 0.750. The van der Waals surface area contributed by atoms with Crippen LogP contribution in [0.4, 0.5) is 5.82 Å². The standard InChI is InChI=1S/C11H15N3O2S/c1-2-3-13(4-6-15)10-9(8-16)14-5-7-17-11(14)12-10/h2,5,7,15-16H,1,3-4,6,8H2. The molecule has 2 aromatic rings. The summed E-state index contributed by atoms with van der Waals surface area (Å²) in [4.78, 5) is 7.21. The van der Waals surface area contributed by atoms with Crippen LogP contribution >= 0.6 is 11.3 Å². The molecule has 2 heterocycles. The number of imidazole rings is 1. The van der Waals surface area contributed by atoms with Crippen molar-refractivity contribution in [1.29, 1.82) is 0 Å². The van der Waals surface area contributed by atoms with Crippen LogP contribution in [0.1, 0.15) is 5.69 Å². The van der Waals surface area contributed by atoms with Crippen molar-refractivity contribution < 1.29 is 10.2 Å². The highest BCUT2D eigenvalue weighted by atomic mass is 32.1. The van der Waals surface area contributed by atoms with Crippen LogP contribution in [0.2, 0.25) is 0 Å². The second-order valence-electron chi connectivity index (χ2n) is 3.55. The average molecular weight is 253 g/mol. The highest BCUT2D eigenvalue weighted by Gasteiger charge is 2.17. The van der Waals surface area contributed by atoms with Gasteiger partial charge in [0.15, 0.2) is 10.8 Å². The molecule has 0 saturated carbocycles. The van der Waals surface area contributed by atoms with Gasteiger partial charge in [0.1, 0.15) is 0 Å². The fourth-order valence-electron chi connectivity index (χ4n) is 1.78. The summed E-state index contributed by atoms with van der Waals surface area (Å²) in [5, 5.41) is 20.4. The van der Waals surface area contributed by atoms with E-state index in [2.05, 4.69) is 11.6 Å². The number of nitrogens with zero attached hydrogens (tertiary/aromatic N) is 3. The highest BCUT2D eigenvalue weighted by molar-refractivity contribution is 7.15. The van der Waals surface area contributed by atoms with E-state index in [4.69, 9.17) is 5.11 Å². The van der Waals surface area contributed by atoms with Crippen LogP contribution in [0.15, 0.2) is 24.2 Å². The van der Waals surface area contributed by atoms with Gasteiger partial charge < -0.3 is 15.1 Å². The van der Waals surface area contributed by atoms with E-state index in [1.807, 2.05) is 20.9 Å². The maximum atomic E-state index is 9.44. The second-order valence-corrected chi connectivity index (χ2v) is 4.43. The van der Waals surface area contributed by atoms with Gasteiger partial charge in [-0.3, -0.25) is 4.40 Å². The highest BCUT2D eigenvalue weighted by Crippen LogP contribution is 2.24. The maximum absolute atomic E-state index is 9.44. The Morgan fingerprint density at radius 1 is 1.53 bits per heavy atom. The Bertz CT molecular complexity index is 506. The van der Waals surface area contributed by atoms with E-state index in [1.165, 1.54) is 11.3 Å². The molecule has 0 aliphatic carbocycles. The summed E-state index contributed by atoms with van der Waals surface area (Å²) in [6.07, 6.45) is 3.64. The number of rotatable bonds is 6. The number of hydrogen-bond donors (Lipinski definition) is 2. The van der Waals surface area contributed by atoms with Crippen molar-refractivity contribution in [3.63, 3.8) is 0 Å². The molecule has 0 aromatic carbocycles. The van der Waals surface area contributed by atoms with Crippen LogP contribution in [0.3, 0.4) is 0 Å². The van der Waals surface area contributed by atoms with E-state index in [9.17, 15) is 5.11 Å². The zero-order chi connectivity index (χ0) is 12.3. The normalized spacial score (nSPS) is 10.9. The molecule has 0 fully saturated rings. The molecule has 2 aromatic heterocycles. The topological polar surface area (TPSA) is 61.0 Å². The second kappa shape index (κ2) is 5.31. The summed E-state index contributed by atoms with van der Waals surface area (Å²) >= 11 is 1.52. The van der Waals surface area contributed by atoms with Crippen molar-refractivity contribution in [2.24, 2.45) is 0 Å². The first-order valence-electron chi connectivity index (χ1n) is 5.33. The fraction of sp³-hybridized carbons (Fsp3) is 0.364. The van der Waals surface area contributed by atoms with Crippen molar-refractivity contribution in [2.45, 2.75) is 6.61 Å². The van der Waals surface area contributed by atoms with Gasteiger partial charge in [0.2, 0.25) is 0 Å². The van der Waals surface area contributed by atoms with E-state index >= 15 is 0 Å². The predicted octanol–water partition coefficient (Wildman–Crippen LogP) is 0.873. The summed E-state index contributed by atoms with van der Waals surface area (Å²) in [5.74, 6) is 0.716. The van der Waals surface area contributed by atoms with Gasteiger partial charge in [0, 0.05) is 24.7 Å². The molecule has 0 atom stereocenters. The molecule has 0 radical (unpaired) electrons. The van der Waals surface area contributed by atoms with Gasteiger partial charge in [-0.15, -0.1) is 17.9 Å². The zero-order valence-corrected chi connectivity index (χ0v) is 10.2. The number of hydrogen-bond acceptors (Lipinski definition) is 5. The molecule has 0 unspecified atom stereocenters. The fourth-order valence-corrected chi connectivity index (χ4v) is 2.51. The van der Waals surface area contributed by atoms with Gasteiger partial charge in [0.05, 0.1) is 18.9 Å². The van der Waals surface area contributed by atoms with Crippen molar-refractivity contribution in [3.05, 3.63) is 29.9 Å². The van der Waals surface area contributed by atoms with Crippen molar-refractivity contribution in [1.82, 2.24) is 9.38 Å². The largest absolute Gasteiger partial charge is 0.395 e. The van der Waals surface area contributed by atoms with Crippen molar-refractivity contribution >= 4 is 22.1 Å². The molecule has 0 amide bonds. The van der Waals surface area contributed by atoms with Crippen LogP contribution in [0.25, 0.3) is 4.96 Å². The molecule has 5 nitrogen and oxygen atoms in total. The number of aliphatic hydroxyl groups excluding tert-OH is 2. The van der Waals surface area contributed by atoms with Crippen LogP contribution in [0, 0.1) is 0 Å². The molecule has 0 aliphatic heterocycles. The minimum atomic E-state index is -0.0771. The lowest BCUT2D eigenvalue weighted by molar-refractivity contribution is 0.275. The van der Waals surface area contributed by atoms with Crippen molar-refractivity contribution in [3.8, 4) is 0 Å². The van der Waals surface area contributed by atoms with E-state index in [0.717, 1.165) is 10.7 Å². The molecule has 0 saturated heterocycles. The van der Waals surface area contributed by atoms with Crippen LogP contribution in [-0.4, -0.2) is 39.3 Å². The lowest BCUT2D eigenvalue weighted by atomic mass is 10.3. The molecular formula is C11H15N3O2S. The first kappa shape index (κ1) is 12.1. The van der Waals surface area contributed by atoms with Crippen LogP contribution in [0.5, 0.6) is 0 Å². The first-order valence-corrected chi connectivity index (χ1v) is 6.21. The number of aliphatic hydroxyl groups is 2. The molecule has 0 spiro atoms. The Kier molecular flexibility index (Phi) is 3.78. The third-order valence-corrected chi connectivity index (χ3v) is 3.27. The molecule has 2 N–H and O–H groups in total. The summed E-state index contributed by atoms with van der Waals surface area (Å²) in [6.45, 7) is 4.73. The third kappa shape index (κ3) is 2.19. The molecule has 6 heteroatoms. The van der Waals surface area contributed by atoms with Crippen LogP contribution in [-0.2, 0) is 6.61 Å². The van der Waals surface area contributed by atoms with E-state index in [-0.39, 0.29) is 13.2 Å². The number of thiazole rings is 1. The molecule has 92 valence electrons. The smallest absolute Gasteiger partial charge is 0.195 e. The van der Waals surface area contributed by atoms with Gasteiger partial charge >= 0.3 is 0 Å². The van der Waals surface area contributed by atoms with E-state index in [0.29, 0.717) is 18.9 Å². The van der Waals surface area contributed by atoms with Crippen LogP contribution < -0.4 is 4.90 Å². The maximum Gasteiger partial charge on any atom is 0.195 e. The average Bonchev–Trinajstić information content (AvgIpc) is 2.87. The Balaban J connectivity index is 2.43. The molecule has 17 heavy (non-hydrogen) atoms. The Labute approximate surface area is 103 Å². The predicted molar refractivity (Wildman–Crippen MR) is 68.5 cm³/mol. The van der Waals surface area contributed by atoms with E-state index < -0.39 is 0 Å². The summed E-state index contributed by atoms with van der Waals surface area (Å²) in [6, 6.07) is 0. The molecule has 0 bridgehead atoms.